The van der Waals surface area contributed by atoms with Gasteiger partial charge in [0.05, 0.1) is 11.6 Å². The zero-order valence-corrected chi connectivity index (χ0v) is 9.37. The van der Waals surface area contributed by atoms with Crippen LogP contribution in [0.15, 0.2) is 18.5 Å². The molecule has 7 nitrogen and oxygen atoms in total. The van der Waals surface area contributed by atoms with Crippen LogP contribution in [-0.4, -0.2) is 34.4 Å². The normalized spacial score (nSPS) is 19.0. The fourth-order valence-corrected chi connectivity index (χ4v) is 1.92. The monoisotopic (exact) mass is 249 g/mol. The summed E-state index contributed by atoms with van der Waals surface area (Å²) in [6.45, 7) is 0.110. The van der Waals surface area contributed by atoms with Crippen molar-refractivity contribution < 1.29 is 19.5 Å². The number of aromatic nitrogens is 1. The number of carboxylic acid groups (broad SMARTS) is 1. The standard InChI is InChI=1S/C11H11N3O4/c12-10(16)6-3-9(15)14(5-6)8-1-2-13-4-7(8)11(17)18/h1-2,4,6H,3,5H2,(H2,12,16)(H,17,18). The second kappa shape index (κ2) is 4.44. The molecule has 2 heterocycles. The van der Waals surface area contributed by atoms with Crippen LogP contribution in [0, 0.1) is 5.92 Å². The lowest BCUT2D eigenvalue weighted by molar-refractivity contribution is -0.123. The summed E-state index contributed by atoms with van der Waals surface area (Å²) < 4.78 is 0. The highest BCUT2D eigenvalue weighted by atomic mass is 16.4. The van der Waals surface area contributed by atoms with Crippen LogP contribution in [0.25, 0.3) is 0 Å². The summed E-state index contributed by atoms with van der Waals surface area (Å²) in [5, 5.41) is 9.02. The highest BCUT2D eigenvalue weighted by Gasteiger charge is 2.35. The van der Waals surface area contributed by atoms with Crippen molar-refractivity contribution in [3.8, 4) is 0 Å². The van der Waals surface area contributed by atoms with Crippen LogP contribution in [0.3, 0.4) is 0 Å². The molecule has 0 spiro atoms. The third kappa shape index (κ3) is 2.02. The van der Waals surface area contributed by atoms with E-state index < -0.39 is 17.8 Å². The van der Waals surface area contributed by atoms with Crippen LogP contribution in [0.1, 0.15) is 16.8 Å². The zero-order chi connectivity index (χ0) is 13.3. The molecule has 0 aliphatic carbocycles. The molecule has 3 N–H and O–H groups in total. The van der Waals surface area contributed by atoms with Crippen molar-refractivity contribution in [1.82, 2.24) is 4.98 Å². The van der Waals surface area contributed by atoms with Crippen molar-refractivity contribution in [1.29, 1.82) is 0 Å². The van der Waals surface area contributed by atoms with Crippen LogP contribution in [0.2, 0.25) is 0 Å². The molecule has 1 unspecified atom stereocenters. The lowest BCUT2D eigenvalue weighted by Gasteiger charge is -2.17. The number of carbonyl (C=O) groups is 3. The highest BCUT2D eigenvalue weighted by Crippen LogP contribution is 2.27. The van der Waals surface area contributed by atoms with E-state index in [1.165, 1.54) is 23.4 Å². The number of aromatic carboxylic acids is 1. The van der Waals surface area contributed by atoms with Gasteiger partial charge in [-0.3, -0.25) is 14.6 Å². The number of amides is 2. The van der Waals surface area contributed by atoms with E-state index in [1.54, 1.807) is 0 Å². The molecule has 0 aromatic carbocycles. The van der Waals surface area contributed by atoms with Crippen molar-refractivity contribution in [2.45, 2.75) is 6.42 Å². The van der Waals surface area contributed by atoms with Gasteiger partial charge in [0.15, 0.2) is 0 Å². The van der Waals surface area contributed by atoms with Crippen molar-refractivity contribution in [3.05, 3.63) is 24.0 Å². The quantitative estimate of drug-likeness (QED) is 0.757. The van der Waals surface area contributed by atoms with E-state index in [2.05, 4.69) is 4.98 Å². The van der Waals surface area contributed by atoms with E-state index >= 15 is 0 Å². The van der Waals surface area contributed by atoms with Gasteiger partial charge in [-0.05, 0) is 6.07 Å². The predicted molar refractivity (Wildman–Crippen MR) is 60.9 cm³/mol. The maximum Gasteiger partial charge on any atom is 0.339 e. The van der Waals surface area contributed by atoms with Crippen LogP contribution in [0.5, 0.6) is 0 Å². The third-order valence-electron chi connectivity index (χ3n) is 2.85. The lowest BCUT2D eigenvalue weighted by Crippen LogP contribution is -2.29. The van der Waals surface area contributed by atoms with E-state index in [9.17, 15) is 14.4 Å². The Bertz CT molecular complexity index is 529. The number of pyridine rings is 1. The Hall–Kier alpha value is -2.44. The average molecular weight is 249 g/mol. The Morgan fingerprint density at radius 3 is 2.78 bits per heavy atom. The van der Waals surface area contributed by atoms with Crippen molar-refractivity contribution >= 4 is 23.5 Å². The first-order valence-corrected chi connectivity index (χ1v) is 5.27. The van der Waals surface area contributed by atoms with Crippen LogP contribution >= 0.6 is 0 Å². The Morgan fingerprint density at radius 2 is 2.22 bits per heavy atom. The molecular weight excluding hydrogens is 238 g/mol. The van der Waals surface area contributed by atoms with Gasteiger partial charge >= 0.3 is 5.97 Å². The van der Waals surface area contributed by atoms with E-state index in [0.29, 0.717) is 0 Å². The molecule has 2 rings (SSSR count). The van der Waals surface area contributed by atoms with E-state index in [1.807, 2.05) is 0 Å². The number of nitrogens with zero attached hydrogens (tertiary/aromatic N) is 2. The SMILES string of the molecule is NC(=O)C1CC(=O)N(c2ccncc2C(=O)O)C1. The minimum absolute atomic E-state index is 0.0106. The molecule has 0 bridgehead atoms. The van der Waals surface area contributed by atoms with Crippen LogP contribution < -0.4 is 10.6 Å². The van der Waals surface area contributed by atoms with Crippen molar-refractivity contribution in [2.24, 2.45) is 11.7 Å². The van der Waals surface area contributed by atoms with E-state index in [4.69, 9.17) is 10.8 Å². The minimum atomic E-state index is -1.17. The van der Waals surface area contributed by atoms with Gasteiger partial charge in [-0.2, -0.15) is 0 Å². The Labute approximate surface area is 102 Å². The molecule has 0 saturated carbocycles. The van der Waals surface area contributed by atoms with Gasteiger partial charge < -0.3 is 15.7 Å². The number of hydrogen-bond donors (Lipinski definition) is 2. The second-order valence-corrected chi connectivity index (χ2v) is 4.01. The molecule has 1 atom stereocenters. The lowest BCUT2D eigenvalue weighted by atomic mass is 10.1. The summed E-state index contributed by atoms with van der Waals surface area (Å²) in [6, 6.07) is 1.44. The Kier molecular flexibility index (Phi) is 2.97. The molecule has 1 saturated heterocycles. The molecule has 94 valence electrons. The maximum absolute atomic E-state index is 11.8. The van der Waals surface area contributed by atoms with E-state index in [-0.39, 0.29) is 30.1 Å². The number of carbonyl (C=O) groups excluding carboxylic acids is 2. The Balaban J connectivity index is 2.35. The van der Waals surface area contributed by atoms with E-state index in [0.717, 1.165) is 0 Å². The number of carboxylic acids is 1. The fraction of sp³-hybridized carbons (Fsp3) is 0.273. The number of hydrogen-bond acceptors (Lipinski definition) is 4. The summed E-state index contributed by atoms with van der Waals surface area (Å²) >= 11 is 0. The summed E-state index contributed by atoms with van der Waals surface area (Å²) in [7, 11) is 0. The van der Waals surface area contributed by atoms with Gasteiger partial charge in [0.1, 0.15) is 5.56 Å². The average Bonchev–Trinajstić information content (AvgIpc) is 2.71. The first-order chi connectivity index (χ1) is 8.50. The molecule has 1 aliphatic heterocycles. The number of primary amides is 1. The van der Waals surface area contributed by atoms with Crippen LogP contribution in [-0.2, 0) is 9.59 Å². The molecular formula is C11H11N3O4. The summed E-state index contributed by atoms with van der Waals surface area (Å²) in [5.74, 6) is -2.62. The Morgan fingerprint density at radius 1 is 1.50 bits per heavy atom. The van der Waals surface area contributed by atoms with Crippen molar-refractivity contribution in [3.63, 3.8) is 0 Å². The fourth-order valence-electron chi connectivity index (χ4n) is 1.92. The zero-order valence-electron chi connectivity index (χ0n) is 9.37. The van der Waals surface area contributed by atoms with Crippen molar-refractivity contribution in [2.75, 3.05) is 11.4 Å². The molecule has 18 heavy (non-hydrogen) atoms. The first-order valence-electron chi connectivity index (χ1n) is 5.27. The van der Waals surface area contributed by atoms with Gasteiger partial charge in [-0.15, -0.1) is 0 Å². The highest BCUT2D eigenvalue weighted by molar-refractivity contribution is 6.04. The maximum atomic E-state index is 11.8. The molecule has 1 aliphatic rings. The summed E-state index contributed by atoms with van der Waals surface area (Å²) in [4.78, 5) is 38.8. The van der Waals surface area contributed by atoms with Gasteiger partial charge in [0.2, 0.25) is 11.8 Å². The second-order valence-electron chi connectivity index (χ2n) is 4.01. The van der Waals surface area contributed by atoms with Gasteiger partial charge in [0.25, 0.3) is 0 Å². The first kappa shape index (κ1) is 12.0. The number of anilines is 1. The number of nitrogens with two attached hydrogens (primary N) is 1. The molecule has 1 aromatic heterocycles. The molecule has 2 amide bonds. The summed E-state index contributed by atoms with van der Waals surface area (Å²) in [6.07, 6.45) is 2.58. The molecule has 0 radical (unpaired) electrons. The predicted octanol–water partition coefficient (Wildman–Crippen LogP) is -0.382. The minimum Gasteiger partial charge on any atom is -0.478 e. The summed E-state index contributed by atoms with van der Waals surface area (Å²) in [5.41, 5.74) is 5.32. The third-order valence-corrected chi connectivity index (χ3v) is 2.85. The van der Waals surface area contributed by atoms with Gasteiger partial charge in [-0.1, -0.05) is 0 Å². The smallest absolute Gasteiger partial charge is 0.339 e. The molecule has 7 heteroatoms. The van der Waals surface area contributed by atoms with Crippen LogP contribution in [0.4, 0.5) is 5.69 Å². The largest absolute Gasteiger partial charge is 0.478 e. The molecule has 1 fully saturated rings. The van der Waals surface area contributed by atoms with Gasteiger partial charge in [0, 0.05) is 25.4 Å². The number of rotatable bonds is 3. The molecule has 1 aromatic rings. The topological polar surface area (TPSA) is 114 Å². The van der Waals surface area contributed by atoms with Gasteiger partial charge in [-0.25, -0.2) is 4.79 Å².